The summed E-state index contributed by atoms with van der Waals surface area (Å²) >= 11 is 0. The number of nitrogens with zero attached hydrogens (tertiary/aromatic N) is 4. The molecule has 6 heteroatoms. The van der Waals surface area contributed by atoms with Gasteiger partial charge in [0.1, 0.15) is 0 Å². The lowest BCUT2D eigenvalue weighted by Crippen LogP contribution is -2.36. The van der Waals surface area contributed by atoms with Crippen molar-refractivity contribution in [3.05, 3.63) is 12.3 Å². The number of carbonyl (C=O) groups is 1. The molecule has 22 heavy (non-hydrogen) atoms. The van der Waals surface area contributed by atoms with Gasteiger partial charge >= 0.3 is 6.03 Å². The lowest BCUT2D eigenvalue weighted by molar-refractivity contribution is 0.170. The molecule has 1 unspecified atom stereocenters. The van der Waals surface area contributed by atoms with Crippen LogP contribution in [-0.2, 0) is 6.54 Å². The minimum Gasteiger partial charge on any atom is -0.324 e. The Morgan fingerprint density at radius 1 is 1.27 bits per heavy atom. The summed E-state index contributed by atoms with van der Waals surface area (Å²) in [5.74, 6) is 2.11. The second-order valence-corrected chi connectivity index (χ2v) is 6.62. The maximum absolute atomic E-state index is 12.4. The van der Waals surface area contributed by atoms with Gasteiger partial charge in [-0.3, -0.25) is 10.00 Å². The third kappa shape index (κ3) is 3.43. The molecule has 0 spiro atoms. The first kappa shape index (κ1) is 15.3. The second kappa shape index (κ2) is 6.69. The number of amides is 2. The van der Waals surface area contributed by atoms with E-state index in [1.54, 1.807) is 0 Å². The zero-order valence-corrected chi connectivity index (χ0v) is 13.7. The molecule has 1 N–H and O–H groups in total. The molecule has 2 fully saturated rings. The van der Waals surface area contributed by atoms with E-state index in [4.69, 9.17) is 0 Å². The van der Waals surface area contributed by atoms with E-state index in [2.05, 4.69) is 22.4 Å². The van der Waals surface area contributed by atoms with E-state index < -0.39 is 0 Å². The van der Waals surface area contributed by atoms with E-state index in [1.807, 2.05) is 28.8 Å². The first-order chi connectivity index (χ1) is 10.7. The van der Waals surface area contributed by atoms with Gasteiger partial charge in [-0.1, -0.05) is 0 Å². The fourth-order valence-corrected chi connectivity index (χ4v) is 3.65. The van der Waals surface area contributed by atoms with E-state index in [1.165, 1.54) is 25.9 Å². The van der Waals surface area contributed by atoms with Gasteiger partial charge in [0.2, 0.25) is 0 Å². The van der Waals surface area contributed by atoms with Crippen molar-refractivity contribution in [3.63, 3.8) is 0 Å². The number of nitrogens with one attached hydrogen (secondary N) is 1. The van der Waals surface area contributed by atoms with Crippen LogP contribution < -0.4 is 5.32 Å². The van der Waals surface area contributed by atoms with Crippen LogP contribution in [0.25, 0.3) is 0 Å². The number of hydrogen-bond donors (Lipinski definition) is 1. The van der Waals surface area contributed by atoms with Crippen LogP contribution in [0.5, 0.6) is 0 Å². The van der Waals surface area contributed by atoms with Crippen LogP contribution in [0.2, 0.25) is 0 Å². The van der Waals surface area contributed by atoms with Gasteiger partial charge in [-0.15, -0.1) is 0 Å². The normalized spacial score (nSPS) is 23.9. The number of carbonyl (C=O) groups excluding carboxylic acids is 1. The molecule has 2 aliphatic heterocycles. The van der Waals surface area contributed by atoms with Crippen molar-refractivity contribution < 1.29 is 4.79 Å². The average molecular weight is 305 g/mol. The SMILES string of the molecule is CCn1ccc(NC(=O)N2CCC(C3CCN(C)CC3)C2)n1. The minimum absolute atomic E-state index is 0.00298. The van der Waals surface area contributed by atoms with E-state index in [-0.39, 0.29) is 6.03 Å². The first-order valence-electron chi connectivity index (χ1n) is 8.43. The number of likely N-dealkylation sites (tertiary alicyclic amines) is 2. The number of piperidine rings is 1. The smallest absolute Gasteiger partial charge is 0.323 e. The summed E-state index contributed by atoms with van der Waals surface area (Å²) in [6.07, 6.45) is 5.58. The quantitative estimate of drug-likeness (QED) is 0.930. The Morgan fingerprint density at radius 2 is 2.00 bits per heavy atom. The molecule has 1 aromatic rings. The number of hydrogen-bond acceptors (Lipinski definition) is 3. The van der Waals surface area contributed by atoms with Crippen LogP contribution >= 0.6 is 0 Å². The van der Waals surface area contributed by atoms with Crippen LogP contribution in [0.3, 0.4) is 0 Å². The maximum atomic E-state index is 12.4. The third-order valence-electron chi connectivity index (χ3n) is 5.14. The van der Waals surface area contributed by atoms with Crippen molar-refractivity contribution in [2.24, 2.45) is 11.8 Å². The van der Waals surface area contributed by atoms with Crippen LogP contribution in [0.15, 0.2) is 12.3 Å². The molecule has 122 valence electrons. The molecular formula is C16H27N5O. The number of aryl methyl sites for hydroxylation is 1. The molecule has 2 saturated heterocycles. The fraction of sp³-hybridized carbons (Fsp3) is 0.750. The summed E-state index contributed by atoms with van der Waals surface area (Å²) in [6, 6.07) is 1.85. The molecule has 3 heterocycles. The lowest BCUT2D eigenvalue weighted by atomic mass is 9.84. The summed E-state index contributed by atoms with van der Waals surface area (Å²) in [5, 5.41) is 7.23. The Bertz CT molecular complexity index is 506. The number of anilines is 1. The van der Waals surface area contributed by atoms with Gasteiger partial charge in [-0.25, -0.2) is 4.79 Å². The Labute approximate surface area is 132 Å². The average Bonchev–Trinajstić information content (AvgIpc) is 3.17. The Balaban J connectivity index is 1.50. The van der Waals surface area contributed by atoms with Crippen LogP contribution in [0.1, 0.15) is 26.2 Å². The lowest BCUT2D eigenvalue weighted by Gasteiger charge is -2.32. The zero-order chi connectivity index (χ0) is 15.5. The summed E-state index contributed by atoms with van der Waals surface area (Å²) in [6.45, 7) is 7.01. The van der Waals surface area contributed by atoms with Crippen LogP contribution in [0, 0.1) is 11.8 Å². The molecule has 6 nitrogen and oxygen atoms in total. The van der Waals surface area contributed by atoms with Crippen LogP contribution in [0.4, 0.5) is 10.6 Å². The van der Waals surface area contributed by atoms with Crippen molar-refractivity contribution in [3.8, 4) is 0 Å². The maximum Gasteiger partial charge on any atom is 0.323 e. The van der Waals surface area contributed by atoms with Gasteiger partial charge in [0.15, 0.2) is 5.82 Å². The monoisotopic (exact) mass is 305 g/mol. The highest BCUT2D eigenvalue weighted by molar-refractivity contribution is 5.88. The molecule has 3 rings (SSSR count). The zero-order valence-electron chi connectivity index (χ0n) is 13.7. The molecule has 0 saturated carbocycles. The number of urea groups is 1. The molecule has 0 radical (unpaired) electrons. The summed E-state index contributed by atoms with van der Waals surface area (Å²) < 4.78 is 1.82. The topological polar surface area (TPSA) is 53.4 Å². The van der Waals surface area contributed by atoms with E-state index in [0.29, 0.717) is 11.7 Å². The number of rotatable bonds is 3. The van der Waals surface area contributed by atoms with Crippen molar-refractivity contribution >= 4 is 11.8 Å². The highest BCUT2D eigenvalue weighted by Crippen LogP contribution is 2.31. The van der Waals surface area contributed by atoms with Gasteiger partial charge in [0, 0.05) is 31.9 Å². The van der Waals surface area contributed by atoms with Gasteiger partial charge in [0.25, 0.3) is 0 Å². The number of aromatic nitrogens is 2. The first-order valence-corrected chi connectivity index (χ1v) is 8.43. The summed E-state index contributed by atoms with van der Waals surface area (Å²) in [5.41, 5.74) is 0. The Kier molecular flexibility index (Phi) is 4.66. The van der Waals surface area contributed by atoms with Gasteiger partial charge < -0.3 is 9.80 Å². The van der Waals surface area contributed by atoms with E-state index in [9.17, 15) is 4.79 Å². The van der Waals surface area contributed by atoms with E-state index in [0.717, 1.165) is 32.0 Å². The van der Waals surface area contributed by atoms with Gasteiger partial charge in [-0.2, -0.15) is 5.10 Å². The predicted octanol–water partition coefficient (Wildman–Crippen LogP) is 2.10. The molecule has 1 atom stereocenters. The second-order valence-electron chi connectivity index (χ2n) is 6.62. The molecule has 2 aliphatic rings. The van der Waals surface area contributed by atoms with Gasteiger partial charge in [-0.05, 0) is 58.2 Å². The Morgan fingerprint density at radius 3 is 2.68 bits per heavy atom. The van der Waals surface area contributed by atoms with Gasteiger partial charge in [0.05, 0.1) is 0 Å². The minimum atomic E-state index is -0.00298. The van der Waals surface area contributed by atoms with Crippen molar-refractivity contribution in [1.82, 2.24) is 19.6 Å². The van der Waals surface area contributed by atoms with E-state index >= 15 is 0 Å². The highest BCUT2D eigenvalue weighted by atomic mass is 16.2. The molecule has 0 aromatic carbocycles. The van der Waals surface area contributed by atoms with Crippen molar-refractivity contribution in [2.45, 2.75) is 32.7 Å². The summed E-state index contributed by atoms with van der Waals surface area (Å²) in [7, 11) is 2.19. The fourth-order valence-electron chi connectivity index (χ4n) is 3.65. The largest absolute Gasteiger partial charge is 0.324 e. The molecule has 2 amide bonds. The molecule has 0 bridgehead atoms. The highest BCUT2D eigenvalue weighted by Gasteiger charge is 2.33. The molecular weight excluding hydrogens is 278 g/mol. The standard InChI is InChI=1S/C16H27N5O/c1-3-21-11-7-15(18-21)17-16(22)20-10-6-14(12-20)13-4-8-19(2)9-5-13/h7,11,13-14H,3-6,8-10,12H2,1-2H3,(H,17,18,22). The predicted molar refractivity (Wildman–Crippen MR) is 86.8 cm³/mol. The third-order valence-corrected chi connectivity index (χ3v) is 5.14. The molecule has 0 aliphatic carbocycles. The Hall–Kier alpha value is -1.56. The van der Waals surface area contributed by atoms with Crippen LogP contribution in [-0.4, -0.2) is 58.8 Å². The summed E-state index contributed by atoms with van der Waals surface area (Å²) in [4.78, 5) is 16.7. The molecule has 1 aromatic heterocycles. The van der Waals surface area contributed by atoms with Crippen molar-refractivity contribution in [2.75, 3.05) is 38.5 Å². The van der Waals surface area contributed by atoms with Crippen molar-refractivity contribution in [1.29, 1.82) is 0 Å².